The Kier molecular flexibility index (Phi) is 48.7. The van der Waals surface area contributed by atoms with Crippen LogP contribution in [0.15, 0.2) is 0 Å². The van der Waals surface area contributed by atoms with Gasteiger partial charge in [-0.25, -0.2) is 0 Å². The van der Waals surface area contributed by atoms with Crippen molar-refractivity contribution < 1.29 is 143 Å². The van der Waals surface area contributed by atoms with Crippen molar-refractivity contribution in [2.24, 2.45) is 0 Å². The highest BCUT2D eigenvalue weighted by atomic mass is 127. The van der Waals surface area contributed by atoms with E-state index in [-0.39, 0.29) is 138 Å². The van der Waals surface area contributed by atoms with Gasteiger partial charge in [-0.2, -0.15) is 0 Å². The lowest BCUT2D eigenvalue weighted by molar-refractivity contribution is -0.151. The Hall–Kier alpha value is -1.85. The number of nitrogens with zero attached hydrogens (tertiary/aromatic N) is 3. The standard InChI is InChI=1S/C32H38I6N6O13.C20H24I3N3O9.C19H24I3N3O7/c1-11(48)42-27-23(35)17(21(33)18(24(27)36)30(55)40-4-14(51)8-45)29(54)39-3-13(50)6-44(7-16(53)10-47)32(57)20-22(34)19(31(56)41-5-15(52)9-46)25(37)28(26(20)38)43-12(2)49;1-8(29)25-17-15(22)12(18(33)24-4-9(30)6-27)14(21)13(16(17)23)19(34)26-5-10(7-28)35-20(26,2)3-11(31)32;1-8(28)24-16-14(21)11(17(30)23-4-9(29)6-26)13(20)12(15(16)22)18(31)25-5-10(7-27)32-19(25,2)3/h13-16,45-47,50-53H,3-10H2,1-2H3,(H,39,54)(H,40,55)(H,41,56)(H,42,48)(H,43,49);9-10,27-28,30H,3-7H2,1-2H3,(H,24,33)(H,25,29)(H,31,32);9-10,26-27,29H,4-7H2,1-3H3,(H,23,30)(H,24,28). The first kappa shape index (κ1) is 114. The number of carbonyl (C=O) groups is 13. The number of nitrogens with one attached hydrogen (secondary N) is 9. The van der Waals surface area contributed by atoms with E-state index >= 15 is 0 Å². The summed E-state index contributed by atoms with van der Waals surface area (Å²) >= 11 is 22.2. The maximum absolute atomic E-state index is 14.3. The Morgan fingerprint density at radius 2 is 0.605 bits per heavy atom. The van der Waals surface area contributed by atoms with E-state index in [9.17, 15) is 119 Å². The molecule has 2 heterocycles. The minimum absolute atomic E-state index is 0.0102. The number of hydrogen-bond acceptors (Lipinski definition) is 28. The Bertz CT molecular complexity index is 4720. The molecule has 12 amide bonds. The summed E-state index contributed by atoms with van der Waals surface area (Å²) in [5.41, 5.74) is -1.48. The number of hydrogen-bond donors (Lipinski definition) is 23. The summed E-state index contributed by atoms with van der Waals surface area (Å²) < 4.78 is 14.9. The molecule has 0 saturated carbocycles. The lowest BCUT2D eigenvalue weighted by atomic mass is 10.0. The number of carboxylic acids is 1. The second kappa shape index (κ2) is 52.7. The molecule has 0 spiro atoms. The number of anilines is 4. The molecule has 6 rings (SSSR count). The average molecular weight is 3090 g/mol. The molecule has 23 N–H and O–H groups in total. The molecular weight excluding hydrogens is 3010 g/mol. The van der Waals surface area contributed by atoms with Gasteiger partial charge in [0.15, 0.2) is 5.72 Å². The van der Waals surface area contributed by atoms with Gasteiger partial charge in [0.2, 0.25) is 23.6 Å². The molecule has 0 aliphatic carbocycles. The molecule has 4 aromatic carbocycles. The molecule has 0 radical (unpaired) electrons. The third-order valence-corrected chi connectivity index (χ3v) is 30.1. The number of aliphatic carboxylic acids is 1. The molecule has 2 fully saturated rings. The highest BCUT2D eigenvalue weighted by Gasteiger charge is 2.49. The number of benzene rings is 4. The first-order valence-electron chi connectivity index (χ1n) is 35.9. The smallest absolute Gasteiger partial charge is 0.308 e. The summed E-state index contributed by atoms with van der Waals surface area (Å²) in [4.78, 5) is 171. The van der Waals surface area contributed by atoms with Crippen LogP contribution in [0.25, 0.3) is 0 Å². The molecular formula is C71H86I12N12O29. The van der Waals surface area contributed by atoms with Crippen LogP contribution in [0.1, 0.15) is 138 Å². The molecule has 688 valence electrons. The van der Waals surface area contributed by atoms with Gasteiger partial charge < -0.3 is 144 Å². The fraction of sp³-hybridized carbons (Fsp3) is 0.479. The minimum atomic E-state index is -1.56. The van der Waals surface area contributed by atoms with Gasteiger partial charge in [0.1, 0.15) is 17.9 Å². The van der Waals surface area contributed by atoms with Crippen molar-refractivity contribution in [3.63, 3.8) is 0 Å². The van der Waals surface area contributed by atoms with Gasteiger partial charge >= 0.3 is 5.97 Å². The number of aliphatic hydroxyl groups is 13. The minimum Gasteiger partial charge on any atom is -0.481 e. The largest absolute Gasteiger partial charge is 0.481 e. The third kappa shape index (κ3) is 30.6. The van der Waals surface area contributed by atoms with E-state index in [2.05, 4.69) is 47.9 Å². The highest BCUT2D eigenvalue weighted by molar-refractivity contribution is 14.1. The van der Waals surface area contributed by atoms with Gasteiger partial charge in [-0.1, -0.05) is 0 Å². The first-order valence-corrected chi connectivity index (χ1v) is 48.9. The van der Waals surface area contributed by atoms with Gasteiger partial charge in [-0.05, 0) is 292 Å². The van der Waals surface area contributed by atoms with Crippen LogP contribution in [0, 0.1) is 42.8 Å². The molecule has 9 unspecified atom stereocenters. The molecule has 41 nitrogen and oxygen atoms in total. The molecule has 2 aliphatic heterocycles. The molecule has 2 aliphatic rings. The van der Waals surface area contributed by atoms with Crippen LogP contribution >= 0.6 is 271 Å². The number of ether oxygens (including phenoxy) is 2. The second-order valence-corrected chi connectivity index (χ2v) is 40.4. The van der Waals surface area contributed by atoms with E-state index < -0.39 is 197 Å². The SMILES string of the molecule is CC(=O)Nc1c(I)c(C(=O)NCC(O)CO)c(I)c(C(=O)N2CC(CO)OC2(C)C)c1I.CC(=O)Nc1c(I)c(C(=O)NCC(O)CO)c(I)c(C(=O)N2CC(CO)OC2(C)CC(=O)O)c1I.CC(=O)Nc1c(I)c(C(=O)NCC(O)CO)c(I)c(C(=O)NCC(O)CN(CC(O)CO)C(=O)c2c(I)c(NC(C)=O)c(I)c(C(=O)NCC(O)CO)c2I)c1I. The zero-order valence-electron chi connectivity index (χ0n) is 65.9. The summed E-state index contributed by atoms with van der Waals surface area (Å²) in [6.07, 6.45) is -9.75. The summed E-state index contributed by atoms with van der Waals surface area (Å²) in [5, 5.41) is 158. The van der Waals surface area contributed by atoms with Crippen molar-refractivity contribution in [3.05, 3.63) is 87.3 Å². The number of aliphatic hydroxyl groups excluding tert-OH is 13. The van der Waals surface area contributed by atoms with Gasteiger partial charge in [-0.15, -0.1) is 0 Å². The Balaban J connectivity index is 0.000000414. The van der Waals surface area contributed by atoms with Gasteiger partial charge in [0.05, 0.1) is 198 Å². The van der Waals surface area contributed by atoms with Crippen LogP contribution in [-0.4, -0.2) is 328 Å². The van der Waals surface area contributed by atoms with E-state index in [0.717, 1.165) is 4.90 Å². The predicted octanol–water partition coefficient (Wildman–Crippen LogP) is 1.66. The topological polar surface area (TPSA) is 642 Å². The van der Waals surface area contributed by atoms with Gasteiger partial charge in [-0.3, -0.25) is 62.3 Å². The third-order valence-electron chi connectivity index (χ3n) is 17.2. The summed E-state index contributed by atoms with van der Waals surface area (Å²) in [6.45, 7) is 3.58. The van der Waals surface area contributed by atoms with Crippen molar-refractivity contribution in [2.45, 2.75) is 115 Å². The van der Waals surface area contributed by atoms with Crippen LogP contribution in [0.2, 0.25) is 0 Å². The number of carboxylic acid groups (broad SMARTS) is 1. The van der Waals surface area contributed by atoms with Crippen molar-refractivity contribution in [1.82, 2.24) is 41.3 Å². The van der Waals surface area contributed by atoms with Crippen molar-refractivity contribution >= 4 is 371 Å². The number of rotatable bonds is 35. The summed E-state index contributed by atoms with van der Waals surface area (Å²) in [6, 6.07) is 0. The van der Waals surface area contributed by atoms with E-state index in [1.807, 2.05) is 226 Å². The number of halogens is 12. The molecule has 9 atom stereocenters. The molecule has 124 heavy (non-hydrogen) atoms. The van der Waals surface area contributed by atoms with Crippen LogP contribution in [0.3, 0.4) is 0 Å². The normalized spacial score (nSPS) is 16.6. The zero-order chi connectivity index (χ0) is 94.5. The molecule has 4 aromatic rings. The molecule has 2 saturated heterocycles. The van der Waals surface area contributed by atoms with Crippen LogP contribution < -0.4 is 47.9 Å². The van der Waals surface area contributed by atoms with Crippen LogP contribution in [-0.2, 0) is 33.4 Å². The summed E-state index contributed by atoms with van der Waals surface area (Å²) in [7, 11) is 0. The molecule has 0 aromatic heterocycles. The predicted molar refractivity (Wildman–Crippen MR) is 545 cm³/mol. The Morgan fingerprint density at radius 3 is 0.879 bits per heavy atom. The van der Waals surface area contributed by atoms with Gasteiger partial charge in [0, 0.05) is 87.8 Å². The van der Waals surface area contributed by atoms with Crippen molar-refractivity contribution in [2.75, 3.05) is 126 Å². The van der Waals surface area contributed by atoms with E-state index in [0.29, 0.717) is 23.5 Å². The zero-order valence-corrected chi connectivity index (χ0v) is 91.8. The second-order valence-electron chi connectivity index (χ2n) is 27.5. The fourth-order valence-corrected chi connectivity index (χ4v) is 29.0. The maximum Gasteiger partial charge on any atom is 0.308 e. The Morgan fingerprint density at radius 1 is 0.363 bits per heavy atom. The van der Waals surface area contributed by atoms with Gasteiger partial charge in [0.25, 0.3) is 47.3 Å². The monoisotopic (exact) mass is 3090 g/mol. The first-order chi connectivity index (χ1) is 57.7. The van der Waals surface area contributed by atoms with Crippen LogP contribution in [0.4, 0.5) is 22.7 Å². The van der Waals surface area contributed by atoms with E-state index in [1.54, 1.807) is 59.0 Å². The van der Waals surface area contributed by atoms with Crippen molar-refractivity contribution in [3.8, 4) is 0 Å². The Labute approximate surface area is 872 Å². The highest BCUT2D eigenvalue weighted by Crippen LogP contribution is 2.43. The van der Waals surface area contributed by atoms with Crippen molar-refractivity contribution in [1.29, 1.82) is 0 Å². The number of carbonyl (C=O) groups excluding carboxylic acids is 12. The lowest BCUT2D eigenvalue weighted by Gasteiger charge is -2.33. The summed E-state index contributed by atoms with van der Waals surface area (Å²) in [5.74, 6) is -8.40. The lowest BCUT2D eigenvalue weighted by Crippen LogP contribution is -2.48. The molecule has 53 heteroatoms. The maximum atomic E-state index is 14.3. The number of amides is 12. The van der Waals surface area contributed by atoms with Crippen LogP contribution in [0.5, 0.6) is 0 Å². The van der Waals surface area contributed by atoms with E-state index in [1.165, 1.54) is 44.4 Å². The van der Waals surface area contributed by atoms with E-state index in [4.69, 9.17) is 24.8 Å². The fourth-order valence-electron chi connectivity index (χ4n) is 11.4. The quantitative estimate of drug-likeness (QED) is 0.0291. The molecule has 0 bridgehead atoms. The average Bonchev–Trinajstić information content (AvgIpc) is 1.38.